The van der Waals surface area contributed by atoms with E-state index in [4.69, 9.17) is 14.2 Å². The largest absolute Gasteiger partial charge is 0.489 e. The zero-order chi connectivity index (χ0) is 15.6. The maximum Gasteiger partial charge on any atom is 0.120 e. The molecule has 0 N–H and O–H groups in total. The van der Waals surface area contributed by atoms with Crippen molar-refractivity contribution < 1.29 is 14.2 Å². The molecule has 0 aromatic heterocycles. The predicted molar refractivity (Wildman–Crippen MR) is 88.4 cm³/mol. The molecule has 0 amide bonds. The van der Waals surface area contributed by atoms with E-state index in [0.717, 1.165) is 30.1 Å². The van der Waals surface area contributed by atoms with Gasteiger partial charge in [-0.3, -0.25) is 0 Å². The van der Waals surface area contributed by atoms with Gasteiger partial charge in [-0.25, -0.2) is 0 Å². The molecular weight excluding hydrogens is 276 g/mol. The molecular formula is C19H24O3. The van der Waals surface area contributed by atoms with Crippen LogP contribution in [-0.4, -0.2) is 19.3 Å². The van der Waals surface area contributed by atoms with Crippen molar-refractivity contribution in [2.24, 2.45) is 0 Å². The number of hydrogen-bond donors (Lipinski definition) is 0. The highest BCUT2D eigenvalue weighted by atomic mass is 16.5. The Bertz CT molecular complexity index is 522. The van der Waals surface area contributed by atoms with Gasteiger partial charge in [0.05, 0.1) is 6.61 Å². The minimum Gasteiger partial charge on any atom is -0.489 e. The zero-order valence-corrected chi connectivity index (χ0v) is 13.3. The Balaban J connectivity index is 1.77. The van der Waals surface area contributed by atoms with Gasteiger partial charge in [-0.15, -0.1) is 0 Å². The maximum atomic E-state index is 5.80. The molecule has 0 spiro atoms. The first-order valence-corrected chi connectivity index (χ1v) is 7.79. The van der Waals surface area contributed by atoms with Crippen molar-refractivity contribution >= 4 is 0 Å². The fourth-order valence-corrected chi connectivity index (χ4v) is 2.02. The van der Waals surface area contributed by atoms with Crippen molar-refractivity contribution in [3.05, 3.63) is 60.2 Å². The van der Waals surface area contributed by atoms with Gasteiger partial charge in [0.1, 0.15) is 24.2 Å². The van der Waals surface area contributed by atoms with Gasteiger partial charge >= 0.3 is 0 Å². The Hall–Kier alpha value is -2.00. The van der Waals surface area contributed by atoms with Crippen LogP contribution >= 0.6 is 0 Å². The summed E-state index contributed by atoms with van der Waals surface area (Å²) in [5.74, 6) is 1.67. The van der Waals surface area contributed by atoms with Crippen molar-refractivity contribution in [1.82, 2.24) is 0 Å². The highest BCUT2D eigenvalue weighted by Gasteiger charge is 2.04. The van der Waals surface area contributed by atoms with Crippen LogP contribution in [-0.2, 0) is 11.3 Å². The summed E-state index contributed by atoms with van der Waals surface area (Å²) in [6, 6.07) is 17.8. The summed E-state index contributed by atoms with van der Waals surface area (Å²) >= 11 is 0. The fourth-order valence-electron chi connectivity index (χ4n) is 2.02. The summed E-state index contributed by atoms with van der Waals surface area (Å²) in [5, 5.41) is 0. The first-order chi connectivity index (χ1) is 10.8. The van der Waals surface area contributed by atoms with Gasteiger partial charge in [0.2, 0.25) is 0 Å². The topological polar surface area (TPSA) is 27.7 Å². The lowest BCUT2D eigenvalue weighted by atomic mass is 10.2. The van der Waals surface area contributed by atoms with Crippen LogP contribution in [0, 0.1) is 0 Å². The van der Waals surface area contributed by atoms with Crippen LogP contribution in [0.2, 0.25) is 0 Å². The van der Waals surface area contributed by atoms with Gasteiger partial charge in [-0.2, -0.15) is 0 Å². The van der Waals surface area contributed by atoms with Gasteiger partial charge in [0, 0.05) is 6.61 Å². The molecule has 1 unspecified atom stereocenters. The van der Waals surface area contributed by atoms with E-state index in [1.54, 1.807) is 0 Å². The minimum absolute atomic E-state index is 0.0441. The lowest BCUT2D eigenvalue weighted by molar-refractivity contribution is 0.0589. The van der Waals surface area contributed by atoms with Crippen LogP contribution in [0.15, 0.2) is 54.6 Å². The van der Waals surface area contributed by atoms with Crippen LogP contribution in [0.4, 0.5) is 0 Å². The standard InChI is InChI=1S/C19H24O3/c1-3-13-20-14-16(2)22-19-11-9-18(10-12-19)21-15-17-7-5-4-6-8-17/h4-12,16H,3,13-15H2,1-2H3. The second-order valence-electron chi connectivity index (χ2n) is 5.25. The quantitative estimate of drug-likeness (QED) is 0.640. The van der Waals surface area contributed by atoms with Gasteiger partial charge < -0.3 is 14.2 Å². The average Bonchev–Trinajstić information content (AvgIpc) is 2.55. The first-order valence-electron chi connectivity index (χ1n) is 7.79. The SMILES string of the molecule is CCCOCC(C)Oc1ccc(OCc2ccccc2)cc1. The van der Waals surface area contributed by atoms with Crippen LogP contribution in [0.25, 0.3) is 0 Å². The summed E-state index contributed by atoms with van der Waals surface area (Å²) in [6.07, 6.45) is 1.07. The highest BCUT2D eigenvalue weighted by Crippen LogP contribution is 2.19. The van der Waals surface area contributed by atoms with E-state index in [9.17, 15) is 0 Å². The maximum absolute atomic E-state index is 5.80. The third kappa shape index (κ3) is 5.78. The van der Waals surface area contributed by atoms with Gasteiger partial charge in [0.25, 0.3) is 0 Å². The van der Waals surface area contributed by atoms with E-state index < -0.39 is 0 Å². The normalized spacial score (nSPS) is 11.9. The van der Waals surface area contributed by atoms with E-state index >= 15 is 0 Å². The van der Waals surface area contributed by atoms with Crippen molar-refractivity contribution in [2.75, 3.05) is 13.2 Å². The van der Waals surface area contributed by atoms with Crippen molar-refractivity contribution in [1.29, 1.82) is 0 Å². The second kappa shape index (κ2) is 9.11. The molecule has 2 aromatic rings. The van der Waals surface area contributed by atoms with Crippen LogP contribution in [0.5, 0.6) is 11.5 Å². The Morgan fingerprint density at radius 3 is 2.27 bits per heavy atom. The summed E-state index contributed by atoms with van der Waals surface area (Å²) in [6.45, 7) is 6.07. The molecule has 2 aromatic carbocycles. The molecule has 22 heavy (non-hydrogen) atoms. The summed E-state index contributed by atoms with van der Waals surface area (Å²) in [5.41, 5.74) is 1.16. The Morgan fingerprint density at radius 2 is 1.59 bits per heavy atom. The van der Waals surface area contributed by atoms with E-state index in [2.05, 4.69) is 19.1 Å². The zero-order valence-electron chi connectivity index (χ0n) is 13.3. The Morgan fingerprint density at radius 1 is 0.909 bits per heavy atom. The summed E-state index contributed by atoms with van der Waals surface area (Å²) in [4.78, 5) is 0. The lowest BCUT2D eigenvalue weighted by Gasteiger charge is -2.15. The van der Waals surface area contributed by atoms with E-state index in [1.165, 1.54) is 0 Å². The molecule has 0 saturated carbocycles. The average molecular weight is 300 g/mol. The molecule has 1 atom stereocenters. The molecule has 0 fully saturated rings. The molecule has 0 aliphatic carbocycles. The predicted octanol–water partition coefficient (Wildman–Crippen LogP) is 4.46. The third-order valence-electron chi connectivity index (χ3n) is 3.11. The Kier molecular flexibility index (Phi) is 6.78. The van der Waals surface area contributed by atoms with Crippen molar-refractivity contribution in [2.45, 2.75) is 33.0 Å². The molecule has 118 valence electrons. The molecule has 0 bridgehead atoms. The van der Waals surface area contributed by atoms with E-state index in [0.29, 0.717) is 13.2 Å². The minimum atomic E-state index is 0.0441. The van der Waals surface area contributed by atoms with E-state index in [1.807, 2.05) is 49.4 Å². The highest BCUT2D eigenvalue weighted by molar-refractivity contribution is 5.31. The second-order valence-corrected chi connectivity index (χ2v) is 5.25. The Labute approximate surface area is 132 Å². The summed E-state index contributed by atoms with van der Waals surface area (Å²) in [7, 11) is 0. The van der Waals surface area contributed by atoms with Crippen LogP contribution in [0.3, 0.4) is 0 Å². The third-order valence-corrected chi connectivity index (χ3v) is 3.11. The monoisotopic (exact) mass is 300 g/mol. The van der Waals surface area contributed by atoms with Gasteiger partial charge in [-0.1, -0.05) is 37.3 Å². The number of ether oxygens (including phenoxy) is 3. The van der Waals surface area contributed by atoms with Gasteiger partial charge in [-0.05, 0) is 43.2 Å². The van der Waals surface area contributed by atoms with Gasteiger partial charge in [0.15, 0.2) is 0 Å². The van der Waals surface area contributed by atoms with Crippen LogP contribution in [0.1, 0.15) is 25.8 Å². The molecule has 0 heterocycles. The van der Waals surface area contributed by atoms with Crippen molar-refractivity contribution in [3.63, 3.8) is 0 Å². The molecule has 2 rings (SSSR count). The molecule has 3 heteroatoms. The van der Waals surface area contributed by atoms with E-state index in [-0.39, 0.29) is 6.10 Å². The fraction of sp³-hybridized carbons (Fsp3) is 0.368. The lowest BCUT2D eigenvalue weighted by Crippen LogP contribution is -2.19. The molecule has 0 saturated heterocycles. The first kappa shape index (κ1) is 16.4. The molecule has 0 aliphatic heterocycles. The number of rotatable bonds is 9. The number of benzene rings is 2. The molecule has 3 nitrogen and oxygen atoms in total. The molecule has 0 aliphatic rings. The molecule has 0 radical (unpaired) electrons. The van der Waals surface area contributed by atoms with Crippen LogP contribution < -0.4 is 9.47 Å². The van der Waals surface area contributed by atoms with Crippen molar-refractivity contribution in [3.8, 4) is 11.5 Å². The number of hydrogen-bond acceptors (Lipinski definition) is 3. The smallest absolute Gasteiger partial charge is 0.120 e. The summed E-state index contributed by atoms with van der Waals surface area (Å²) < 4.78 is 17.0.